The largest absolute Gasteiger partial charge is 0.490 e. The molecule has 1 fully saturated rings. The molecule has 1 aromatic rings. The molecule has 1 aliphatic rings. The van der Waals surface area contributed by atoms with Gasteiger partial charge in [-0.1, -0.05) is 12.1 Å². The molecule has 5 heteroatoms. The van der Waals surface area contributed by atoms with Crippen molar-refractivity contribution in [3.8, 4) is 5.75 Å². The lowest BCUT2D eigenvalue weighted by Gasteiger charge is -2.14. The maximum absolute atomic E-state index is 6.00. The minimum atomic E-state index is 0.421. The van der Waals surface area contributed by atoms with E-state index in [2.05, 4.69) is 39.9 Å². The Morgan fingerprint density at radius 2 is 1.83 bits per heavy atom. The Balaban J connectivity index is 1.65. The van der Waals surface area contributed by atoms with Gasteiger partial charge >= 0.3 is 0 Å². The number of methoxy groups -OCH3 is 1. The summed E-state index contributed by atoms with van der Waals surface area (Å²) < 4.78 is 11.0. The van der Waals surface area contributed by atoms with Crippen molar-refractivity contribution in [1.82, 2.24) is 10.6 Å². The summed E-state index contributed by atoms with van der Waals surface area (Å²) in [6, 6.07) is 8.48. The summed E-state index contributed by atoms with van der Waals surface area (Å²) in [5.74, 6) is 1.83. The number of nitrogens with zero attached hydrogens (tertiary/aromatic N) is 1. The predicted octanol–water partition coefficient (Wildman–Crippen LogP) is 2.75. The van der Waals surface area contributed by atoms with E-state index in [1.165, 1.54) is 31.2 Å². The third kappa shape index (κ3) is 6.79. The molecule has 5 nitrogen and oxygen atoms in total. The van der Waals surface area contributed by atoms with Gasteiger partial charge in [-0.25, -0.2) is 0 Å². The fourth-order valence-electron chi connectivity index (χ4n) is 2.90. The molecule has 0 saturated heterocycles. The lowest BCUT2D eigenvalue weighted by Crippen LogP contribution is -2.38. The molecule has 1 saturated carbocycles. The van der Waals surface area contributed by atoms with E-state index < -0.39 is 0 Å². The number of aliphatic imine (C=N–C) groups is 1. The van der Waals surface area contributed by atoms with Crippen molar-refractivity contribution >= 4 is 5.96 Å². The number of rotatable bonds is 9. The highest BCUT2D eigenvalue weighted by Crippen LogP contribution is 2.24. The summed E-state index contributed by atoms with van der Waals surface area (Å²) in [5.41, 5.74) is 1.30. The SMILES string of the molecule is CN=C(NCCCOC)NCCc1ccc(OC2CCCC2)cc1. The van der Waals surface area contributed by atoms with Gasteiger partial charge in [0.15, 0.2) is 5.96 Å². The molecule has 0 aliphatic heterocycles. The van der Waals surface area contributed by atoms with E-state index in [4.69, 9.17) is 9.47 Å². The number of hydrogen-bond donors (Lipinski definition) is 2. The molecule has 134 valence electrons. The Hall–Kier alpha value is -1.75. The first kappa shape index (κ1) is 18.6. The third-order valence-corrected chi connectivity index (χ3v) is 4.28. The molecular formula is C19H31N3O2. The molecule has 0 radical (unpaired) electrons. The average Bonchev–Trinajstić information content (AvgIpc) is 3.11. The molecule has 1 aliphatic carbocycles. The Morgan fingerprint density at radius 1 is 1.12 bits per heavy atom. The summed E-state index contributed by atoms with van der Waals surface area (Å²) in [5, 5.41) is 6.61. The Bertz CT molecular complexity index is 482. The van der Waals surface area contributed by atoms with Crippen LogP contribution in [0.5, 0.6) is 5.75 Å². The van der Waals surface area contributed by atoms with Gasteiger partial charge in [0, 0.05) is 33.9 Å². The predicted molar refractivity (Wildman–Crippen MR) is 98.9 cm³/mol. The van der Waals surface area contributed by atoms with Crippen LogP contribution in [0, 0.1) is 0 Å². The van der Waals surface area contributed by atoms with Crippen molar-refractivity contribution in [3.63, 3.8) is 0 Å². The van der Waals surface area contributed by atoms with Crippen molar-refractivity contribution < 1.29 is 9.47 Å². The monoisotopic (exact) mass is 333 g/mol. The first-order valence-electron chi connectivity index (χ1n) is 9.01. The van der Waals surface area contributed by atoms with Gasteiger partial charge in [0.2, 0.25) is 0 Å². The highest BCUT2D eigenvalue weighted by molar-refractivity contribution is 5.79. The lowest BCUT2D eigenvalue weighted by molar-refractivity contribution is 0.195. The fourth-order valence-corrected chi connectivity index (χ4v) is 2.90. The van der Waals surface area contributed by atoms with Gasteiger partial charge in [0.25, 0.3) is 0 Å². The minimum Gasteiger partial charge on any atom is -0.490 e. The van der Waals surface area contributed by atoms with Crippen molar-refractivity contribution in [2.75, 3.05) is 33.9 Å². The second-order valence-electron chi connectivity index (χ2n) is 6.19. The number of benzene rings is 1. The van der Waals surface area contributed by atoms with Crippen LogP contribution in [0.3, 0.4) is 0 Å². The van der Waals surface area contributed by atoms with Crippen LogP contribution < -0.4 is 15.4 Å². The highest BCUT2D eigenvalue weighted by atomic mass is 16.5. The summed E-state index contributed by atoms with van der Waals surface area (Å²) in [6.07, 6.45) is 7.35. The molecule has 0 aromatic heterocycles. The number of hydrogen-bond acceptors (Lipinski definition) is 3. The Kier molecular flexibility index (Phi) is 8.46. The molecule has 0 bridgehead atoms. The number of ether oxygens (including phenoxy) is 2. The van der Waals surface area contributed by atoms with Crippen LogP contribution in [0.1, 0.15) is 37.7 Å². The van der Waals surface area contributed by atoms with Crippen molar-refractivity contribution in [2.24, 2.45) is 4.99 Å². The summed E-state index contributed by atoms with van der Waals surface area (Å²) >= 11 is 0. The summed E-state index contributed by atoms with van der Waals surface area (Å²) in [7, 11) is 3.51. The van der Waals surface area contributed by atoms with E-state index in [-0.39, 0.29) is 0 Å². The van der Waals surface area contributed by atoms with Crippen molar-refractivity contribution in [3.05, 3.63) is 29.8 Å². The zero-order valence-corrected chi connectivity index (χ0v) is 15.0. The van der Waals surface area contributed by atoms with E-state index in [9.17, 15) is 0 Å². The lowest BCUT2D eigenvalue weighted by atomic mass is 10.1. The molecular weight excluding hydrogens is 302 g/mol. The molecule has 0 spiro atoms. The molecule has 2 rings (SSSR count). The fraction of sp³-hybridized carbons (Fsp3) is 0.632. The van der Waals surface area contributed by atoms with Gasteiger partial charge < -0.3 is 20.1 Å². The zero-order chi connectivity index (χ0) is 17.0. The van der Waals surface area contributed by atoms with Gasteiger partial charge in [-0.3, -0.25) is 4.99 Å². The highest BCUT2D eigenvalue weighted by Gasteiger charge is 2.16. The van der Waals surface area contributed by atoms with Crippen LogP contribution in [0.2, 0.25) is 0 Å². The molecule has 0 amide bonds. The maximum Gasteiger partial charge on any atom is 0.190 e. The van der Waals surface area contributed by atoms with Crippen LogP contribution in [-0.4, -0.2) is 45.9 Å². The van der Waals surface area contributed by atoms with Gasteiger partial charge in [-0.2, -0.15) is 0 Å². The van der Waals surface area contributed by atoms with Gasteiger partial charge in [0.05, 0.1) is 6.10 Å². The standard InChI is InChI=1S/C19H31N3O2/c1-20-19(21-13-5-15-23-2)22-14-12-16-8-10-18(11-9-16)24-17-6-3-4-7-17/h8-11,17H,3-7,12-15H2,1-2H3,(H2,20,21,22). The molecule has 24 heavy (non-hydrogen) atoms. The van der Waals surface area contributed by atoms with Crippen molar-refractivity contribution in [2.45, 2.75) is 44.6 Å². The second kappa shape index (κ2) is 10.9. The summed E-state index contributed by atoms with van der Waals surface area (Å²) in [6.45, 7) is 2.48. The first-order valence-corrected chi connectivity index (χ1v) is 9.01. The van der Waals surface area contributed by atoms with Crippen LogP contribution in [0.4, 0.5) is 0 Å². The van der Waals surface area contributed by atoms with Crippen LogP contribution in [0.15, 0.2) is 29.3 Å². The van der Waals surface area contributed by atoms with Gasteiger partial charge in [0.1, 0.15) is 5.75 Å². The quantitative estimate of drug-likeness (QED) is 0.414. The van der Waals surface area contributed by atoms with Crippen LogP contribution in [-0.2, 0) is 11.2 Å². The third-order valence-electron chi connectivity index (χ3n) is 4.28. The topological polar surface area (TPSA) is 54.9 Å². The normalized spacial score (nSPS) is 15.5. The van der Waals surface area contributed by atoms with Gasteiger partial charge in [-0.05, 0) is 56.2 Å². The number of nitrogens with one attached hydrogen (secondary N) is 2. The summed E-state index contributed by atoms with van der Waals surface area (Å²) in [4.78, 5) is 4.22. The smallest absolute Gasteiger partial charge is 0.190 e. The average molecular weight is 333 g/mol. The van der Waals surface area contributed by atoms with E-state index in [1.54, 1.807) is 14.2 Å². The van der Waals surface area contributed by atoms with E-state index in [1.807, 2.05) is 0 Å². The number of guanidine groups is 1. The second-order valence-corrected chi connectivity index (χ2v) is 6.19. The molecule has 0 atom stereocenters. The Labute approximate surface area is 145 Å². The zero-order valence-electron chi connectivity index (χ0n) is 15.0. The van der Waals surface area contributed by atoms with E-state index in [0.29, 0.717) is 6.10 Å². The van der Waals surface area contributed by atoms with Gasteiger partial charge in [-0.15, -0.1) is 0 Å². The van der Waals surface area contributed by atoms with Crippen LogP contribution >= 0.6 is 0 Å². The maximum atomic E-state index is 6.00. The Morgan fingerprint density at radius 3 is 2.50 bits per heavy atom. The minimum absolute atomic E-state index is 0.421. The first-order chi connectivity index (χ1) is 11.8. The molecule has 0 heterocycles. The van der Waals surface area contributed by atoms with Crippen molar-refractivity contribution in [1.29, 1.82) is 0 Å². The molecule has 1 aromatic carbocycles. The van der Waals surface area contributed by atoms with E-state index in [0.717, 1.165) is 44.2 Å². The van der Waals surface area contributed by atoms with E-state index >= 15 is 0 Å². The molecule has 0 unspecified atom stereocenters. The van der Waals surface area contributed by atoms with Crippen LogP contribution in [0.25, 0.3) is 0 Å². The molecule has 2 N–H and O–H groups in total.